The van der Waals surface area contributed by atoms with Crippen molar-refractivity contribution in [3.63, 3.8) is 0 Å². The Hall–Kier alpha value is -3.74. The molecule has 0 fully saturated rings. The Morgan fingerprint density at radius 3 is 2.07 bits per heavy atom. The van der Waals surface area contributed by atoms with Crippen LogP contribution in [0.1, 0.15) is 11.1 Å². The van der Waals surface area contributed by atoms with Crippen LogP contribution in [-0.4, -0.2) is 36.4 Å². The monoisotopic (exact) mass is 370 g/mol. The molecular formula is C20H18O7. The summed E-state index contributed by atoms with van der Waals surface area (Å²) < 4.78 is 15.4. The molecule has 0 saturated heterocycles. The third kappa shape index (κ3) is 5.64. The molecule has 0 unspecified atom stereocenters. The van der Waals surface area contributed by atoms with E-state index in [4.69, 9.17) is 19.3 Å². The van der Waals surface area contributed by atoms with Crippen molar-refractivity contribution >= 4 is 24.1 Å². The molecule has 0 atom stereocenters. The Kier molecular flexibility index (Phi) is 6.60. The van der Waals surface area contributed by atoms with Crippen LogP contribution in [0.2, 0.25) is 0 Å². The minimum atomic E-state index is -1.07. The molecule has 2 N–H and O–H groups in total. The lowest BCUT2D eigenvalue weighted by atomic mass is 10.2. The summed E-state index contributed by atoms with van der Waals surface area (Å²) in [7, 11) is 2.84. The summed E-state index contributed by atoms with van der Waals surface area (Å²) in [5.74, 6) is -0.927. The number of hydrogen-bond donors (Lipinski definition) is 2. The maximum absolute atomic E-state index is 12.0. The predicted octanol–water partition coefficient (Wildman–Crippen LogP) is 3.13. The minimum absolute atomic E-state index is 0.000926. The molecule has 0 radical (unpaired) electrons. The molecule has 0 aliphatic rings. The SMILES string of the molecule is COc1cc(/C=C/C(=O)Oc2ccc(C=CC(=O)O)cc2OC)ccc1O. The summed E-state index contributed by atoms with van der Waals surface area (Å²) in [6, 6.07) is 9.30. The van der Waals surface area contributed by atoms with E-state index in [0.717, 1.165) is 6.08 Å². The number of aromatic hydroxyl groups is 1. The molecule has 2 rings (SSSR count). The first-order valence-corrected chi connectivity index (χ1v) is 7.79. The molecule has 0 aliphatic heterocycles. The number of methoxy groups -OCH3 is 2. The molecule has 0 heterocycles. The molecule has 0 aromatic heterocycles. The van der Waals surface area contributed by atoms with Crippen molar-refractivity contribution in [2.24, 2.45) is 0 Å². The van der Waals surface area contributed by atoms with Crippen LogP contribution >= 0.6 is 0 Å². The van der Waals surface area contributed by atoms with Gasteiger partial charge in [-0.2, -0.15) is 0 Å². The average molecular weight is 370 g/mol. The molecule has 7 heteroatoms. The van der Waals surface area contributed by atoms with Gasteiger partial charge in [-0.05, 0) is 47.5 Å². The lowest BCUT2D eigenvalue weighted by Gasteiger charge is -2.08. The third-order valence-electron chi connectivity index (χ3n) is 3.43. The minimum Gasteiger partial charge on any atom is -0.504 e. The Bertz CT molecular complexity index is 897. The number of phenolic OH excluding ortho intramolecular Hbond substituents is 1. The summed E-state index contributed by atoms with van der Waals surface area (Å²) in [6.07, 6.45) is 5.13. The second-order valence-electron chi connectivity index (χ2n) is 5.27. The van der Waals surface area contributed by atoms with Crippen molar-refractivity contribution < 1.29 is 34.0 Å². The average Bonchev–Trinajstić information content (AvgIpc) is 2.66. The fraction of sp³-hybridized carbons (Fsp3) is 0.100. The van der Waals surface area contributed by atoms with Crippen molar-refractivity contribution in [3.05, 3.63) is 59.7 Å². The number of carbonyl (C=O) groups is 2. The molecular weight excluding hydrogens is 352 g/mol. The number of hydrogen-bond acceptors (Lipinski definition) is 6. The number of phenols is 1. The van der Waals surface area contributed by atoms with Gasteiger partial charge in [0.2, 0.25) is 0 Å². The van der Waals surface area contributed by atoms with Gasteiger partial charge in [-0.15, -0.1) is 0 Å². The van der Waals surface area contributed by atoms with Gasteiger partial charge >= 0.3 is 11.9 Å². The Balaban J connectivity index is 2.11. The molecule has 0 saturated carbocycles. The Morgan fingerprint density at radius 2 is 1.44 bits per heavy atom. The van der Waals surface area contributed by atoms with Crippen LogP contribution < -0.4 is 14.2 Å². The number of ether oxygens (including phenoxy) is 3. The first-order valence-electron chi connectivity index (χ1n) is 7.79. The van der Waals surface area contributed by atoms with Gasteiger partial charge in [0.25, 0.3) is 0 Å². The van der Waals surface area contributed by atoms with Crippen LogP contribution in [0.25, 0.3) is 12.2 Å². The number of rotatable bonds is 7. The van der Waals surface area contributed by atoms with Crippen LogP contribution in [0.15, 0.2) is 48.6 Å². The van der Waals surface area contributed by atoms with Crippen LogP contribution in [0.4, 0.5) is 0 Å². The van der Waals surface area contributed by atoms with Crippen molar-refractivity contribution in [3.8, 4) is 23.0 Å². The summed E-state index contributed by atoms with van der Waals surface area (Å²) in [4.78, 5) is 22.6. The van der Waals surface area contributed by atoms with Crippen LogP contribution in [0, 0.1) is 0 Å². The lowest BCUT2D eigenvalue weighted by molar-refractivity contribution is -0.131. The zero-order valence-electron chi connectivity index (χ0n) is 14.7. The molecule has 0 aliphatic carbocycles. The lowest BCUT2D eigenvalue weighted by Crippen LogP contribution is -2.05. The topological polar surface area (TPSA) is 102 Å². The first kappa shape index (κ1) is 19.6. The maximum atomic E-state index is 12.0. The van der Waals surface area contributed by atoms with Gasteiger partial charge in [0.1, 0.15) is 0 Å². The van der Waals surface area contributed by atoms with Gasteiger partial charge in [0.05, 0.1) is 14.2 Å². The predicted molar refractivity (Wildman–Crippen MR) is 99.0 cm³/mol. The summed E-state index contributed by atoms with van der Waals surface area (Å²) >= 11 is 0. The third-order valence-corrected chi connectivity index (χ3v) is 3.43. The summed E-state index contributed by atoms with van der Waals surface area (Å²) in [5, 5.41) is 18.2. The molecule has 0 amide bonds. The van der Waals surface area contributed by atoms with E-state index in [2.05, 4.69) is 0 Å². The smallest absolute Gasteiger partial charge is 0.336 e. The van der Waals surface area contributed by atoms with Gasteiger partial charge < -0.3 is 24.4 Å². The molecule has 27 heavy (non-hydrogen) atoms. The van der Waals surface area contributed by atoms with E-state index < -0.39 is 11.9 Å². The summed E-state index contributed by atoms with van der Waals surface area (Å²) in [6.45, 7) is 0. The van der Waals surface area contributed by atoms with Crippen LogP contribution in [0.3, 0.4) is 0 Å². The zero-order chi connectivity index (χ0) is 19.8. The van der Waals surface area contributed by atoms with Crippen LogP contribution in [-0.2, 0) is 9.59 Å². The van der Waals surface area contributed by atoms with Crippen LogP contribution in [0.5, 0.6) is 23.0 Å². The van der Waals surface area contributed by atoms with E-state index in [1.165, 1.54) is 44.6 Å². The number of benzene rings is 2. The standard InChI is InChI=1S/C20H18O7/c1-25-17-11-13(3-7-15(17)21)6-10-20(24)27-16-8-4-14(5-9-19(22)23)12-18(16)26-2/h3-12,21H,1-2H3,(H,22,23)/b9-5?,10-6+. The van der Waals surface area contributed by atoms with Crippen molar-refractivity contribution in [1.29, 1.82) is 0 Å². The fourth-order valence-corrected chi connectivity index (χ4v) is 2.14. The van der Waals surface area contributed by atoms with E-state index in [9.17, 15) is 14.7 Å². The zero-order valence-corrected chi connectivity index (χ0v) is 14.7. The van der Waals surface area contributed by atoms with E-state index in [1.54, 1.807) is 24.3 Å². The highest BCUT2D eigenvalue weighted by molar-refractivity contribution is 5.89. The maximum Gasteiger partial charge on any atom is 0.336 e. The van der Waals surface area contributed by atoms with E-state index in [-0.39, 0.29) is 23.0 Å². The highest BCUT2D eigenvalue weighted by atomic mass is 16.6. The van der Waals surface area contributed by atoms with Gasteiger partial charge in [-0.1, -0.05) is 12.1 Å². The van der Waals surface area contributed by atoms with Crippen molar-refractivity contribution in [2.75, 3.05) is 14.2 Å². The van der Waals surface area contributed by atoms with Gasteiger partial charge in [0, 0.05) is 12.2 Å². The number of carboxylic acid groups (broad SMARTS) is 1. The largest absolute Gasteiger partial charge is 0.504 e. The Morgan fingerprint density at radius 1 is 0.852 bits per heavy atom. The number of aliphatic carboxylic acids is 1. The van der Waals surface area contributed by atoms with Gasteiger partial charge in [0.15, 0.2) is 23.0 Å². The van der Waals surface area contributed by atoms with Crippen molar-refractivity contribution in [1.82, 2.24) is 0 Å². The first-order chi connectivity index (χ1) is 12.9. The summed E-state index contributed by atoms with van der Waals surface area (Å²) in [5.41, 5.74) is 1.23. The molecule has 2 aromatic carbocycles. The molecule has 7 nitrogen and oxygen atoms in total. The number of carbonyl (C=O) groups excluding carboxylic acids is 1. The van der Waals surface area contributed by atoms with E-state index >= 15 is 0 Å². The second-order valence-corrected chi connectivity index (χ2v) is 5.27. The Labute approximate surface area is 155 Å². The molecule has 0 bridgehead atoms. The second kappa shape index (κ2) is 9.10. The van der Waals surface area contributed by atoms with E-state index in [0.29, 0.717) is 11.1 Å². The molecule has 140 valence electrons. The molecule has 2 aromatic rings. The van der Waals surface area contributed by atoms with Gasteiger partial charge in [-0.25, -0.2) is 9.59 Å². The highest BCUT2D eigenvalue weighted by Crippen LogP contribution is 2.29. The normalized spacial score (nSPS) is 10.9. The van der Waals surface area contributed by atoms with Crippen molar-refractivity contribution in [2.45, 2.75) is 0 Å². The fourth-order valence-electron chi connectivity index (χ4n) is 2.14. The molecule has 0 spiro atoms. The number of esters is 1. The van der Waals surface area contributed by atoms with Gasteiger partial charge in [-0.3, -0.25) is 0 Å². The highest BCUT2D eigenvalue weighted by Gasteiger charge is 2.09. The number of carboxylic acids is 1. The van der Waals surface area contributed by atoms with E-state index in [1.807, 2.05) is 0 Å². The quantitative estimate of drug-likeness (QED) is 0.438.